The Morgan fingerprint density at radius 3 is 2.56 bits per heavy atom. The predicted octanol–water partition coefficient (Wildman–Crippen LogP) is 4.33. The monoisotopic (exact) mass is 465 g/mol. The molecule has 1 aliphatic heterocycles. The lowest BCUT2D eigenvalue weighted by atomic mass is 10.1. The molecule has 1 saturated heterocycles. The summed E-state index contributed by atoms with van der Waals surface area (Å²) in [5.74, 6) is 1.40. The van der Waals surface area contributed by atoms with Crippen LogP contribution in [0.2, 0.25) is 0 Å². The first-order valence-corrected chi connectivity index (χ1v) is 12.2. The van der Waals surface area contributed by atoms with Crippen LogP contribution in [0.3, 0.4) is 0 Å². The van der Waals surface area contributed by atoms with Crippen LogP contribution in [0.4, 0.5) is 11.8 Å². The fraction of sp³-hybridized carbons (Fsp3) is 0.348. The predicted molar refractivity (Wildman–Crippen MR) is 133 cm³/mol. The van der Waals surface area contributed by atoms with Crippen molar-refractivity contribution in [2.24, 2.45) is 0 Å². The van der Waals surface area contributed by atoms with E-state index in [0.717, 1.165) is 43.3 Å². The van der Waals surface area contributed by atoms with E-state index < -0.39 is 0 Å². The number of thiocarbonyl (C=S) groups is 1. The van der Waals surface area contributed by atoms with Gasteiger partial charge in [-0.25, -0.2) is 15.0 Å². The quantitative estimate of drug-likeness (QED) is 0.219. The van der Waals surface area contributed by atoms with Crippen LogP contribution in [0.1, 0.15) is 31.2 Å². The van der Waals surface area contributed by atoms with E-state index in [1.807, 2.05) is 12.1 Å². The third kappa shape index (κ3) is 6.86. The van der Waals surface area contributed by atoms with Crippen LogP contribution in [-0.4, -0.2) is 44.7 Å². The van der Waals surface area contributed by atoms with E-state index in [1.165, 1.54) is 36.6 Å². The summed E-state index contributed by atoms with van der Waals surface area (Å²) in [6, 6.07) is 14.3. The lowest BCUT2D eigenvalue weighted by molar-refractivity contribution is 0.572. The molecule has 1 fully saturated rings. The molecule has 3 heterocycles. The number of aryl methyl sites for hydroxylation is 1. The number of benzene rings is 1. The van der Waals surface area contributed by atoms with Gasteiger partial charge in [0.25, 0.3) is 0 Å². The molecule has 32 heavy (non-hydrogen) atoms. The molecule has 2 N–H and O–H groups in total. The van der Waals surface area contributed by atoms with Crippen LogP contribution in [-0.2, 0) is 6.42 Å². The second kappa shape index (κ2) is 11.7. The number of nitrogens with one attached hydrogen (secondary N) is 2. The summed E-state index contributed by atoms with van der Waals surface area (Å²) in [6.07, 6.45) is 9.09. The minimum atomic E-state index is 0.493. The van der Waals surface area contributed by atoms with Gasteiger partial charge in [0.1, 0.15) is 10.8 Å². The Morgan fingerprint density at radius 1 is 1.00 bits per heavy atom. The van der Waals surface area contributed by atoms with Crippen LogP contribution in [0.15, 0.2) is 65.0 Å². The minimum Gasteiger partial charge on any atom is -0.362 e. The first-order chi connectivity index (χ1) is 15.8. The molecular formula is C23H27N7S2. The third-order valence-corrected chi connectivity index (χ3v) is 6.16. The van der Waals surface area contributed by atoms with Crippen molar-refractivity contribution in [3.63, 3.8) is 0 Å². The van der Waals surface area contributed by atoms with E-state index in [4.69, 9.17) is 17.2 Å². The second-order valence-corrected chi connectivity index (χ2v) is 8.93. The van der Waals surface area contributed by atoms with Crippen LogP contribution < -0.4 is 15.5 Å². The van der Waals surface area contributed by atoms with Gasteiger partial charge in [0, 0.05) is 38.1 Å². The summed E-state index contributed by atoms with van der Waals surface area (Å²) in [5.41, 5.74) is 1.33. The van der Waals surface area contributed by atoms with Gasteiger partial charge in [0.05, 0.1) is 0 Å². The zero-order valence-electron chi connectivity index (χ0n) is 17.9. The van der Waals surface area contributed by atoms with Crippen molar-refractivity contribution in [1.82, 2.24) is 25.3 Å². The van der Waals surface area contributed by atoms with Gasteiger partial charge in [-0.3, -0.25) is 0 Å². The highest BCUT2D eigenvalue weighted by molar-refractivity contribution is 7.99. The average Bonchev–Trinajstić information content (AvgIpc) is 2.83. The molecule has 0 radical (unpaired) electrons. The molecule has 2 aromatic heterocycles. The largest absolute Gasteiger partial charge is 0.362 e. The summed E-state index contributed by atoms with van der Waals surface area (Å²) in [6.45, 7) is 2.79. The molecule has 1 aromatic carbocycles. The Morgan fingerprint density at radius 2 is 1.78 bits per heavy atom. The minimum absolute atomic E-state index is 0.493. The molecule has 0 unspecified atom stereocenters. The van der Waals surface area contributed by atoms with Crippen LogP contribution in [0.25, 0.3) is 0 Å². The lowest BCUT2D eigenvalue weighted by Crippen LogP contribution is -2.32. The van der Waals surface area contributed by atoms with Gasteiger partial charge in [-0.05, 0) is 67.7 Å². The first-order valence-electron chi connectivity index (χ1n) is 10.9. The topological polar surface area (TPSA) is 78.9 Å². The van der Waals surface area contributed by atoms with E-state index in [1.54, 1.807) is 18.5 Å². The van der Waals surface area contributed by atoms with Gasteiger partial charge in [-0.2, -0.15) is 4.98 Å². The summed E-state index contributed by atoms with van der Waals surface area (Å²) in [7, 11) is 0. The van der Waals surface area contributed by atoms with Crippen molar-refractivity contribution in [3.8, 4) is 0 Å². The molecule has 0 saturated carbocycles. The lowest BCUT2D eigenvalue weighted by Gasteiger charge is -2.28. The van der Waals surface area contributed by atoms with Crippen molar-refractivity contribution in [1.29, 1.82) is 0 Å². The normalized spacial score (nSPS) is 13.6. The number of hydrogen-bond donors (Lipinski definition) is 2. The van der Waals surface area contributed by atoms with Gasteiger partial charge in [0.15, 0.2) is 10.3 Å². The molecule has 3 aromatic rings. The SMILES string of the molecule is S=C(NCCCc1ccccc1)Nc1nc(Sc2ncccn2)cc(N2CCCCC2)n1. The zero-order valence-corrected chi connectivity index (χ0v) is 19.5. The molecule has 0 amide bonds. The van der Waals surface area contributed by atoms with Crippen molar-refractivity contribution < 1.29 is 0 Å². The highest BCUT2D eigenvalue weighted by Crippen LogP contribution is 2.28. The Kier molecular flexibility index (Phi) is 8.22. The van der Waals surface area contributed by atoms with Crippen LogP contribution in [0, 0.1) is 0 Å². The van der Waals surface area contributed by atoms with Gasteiger partial charge in [-0.15, -0.1) is 0 Å². The van der Waals surface area contributed by atoms with Gasteiger partial charge in [0.2, 0.25) is 5.95 Å². The number of hydrogen-bond acceptors (Lipinski definition) is 7. The fourth-order valence-corrected chi connectivity index (χ4v) is 4.43. The Balaban J connectivity index is 1.39. The zero-order chi connectivity index (χ0) is 22.0. The molecule has 9 heteroatoms. The summed E-state index contributed by atoms with van der Waals surface area (Å²) in [5, 5.41) is 8.41. The van der Waals surface area contributed by atoms with E-state index in [-0.39, 0.29) is 0 Å². The van der Waals surface area contributed by atoms with Gasteiger partial charge < -0.3 is 15.5 Å². The molecular weight excluding hydrogens is 438 g/mol. The molecule has 1 aliphatic rings. The molecule has 7 nitrogen and oxygen atoms in total. The Hall–Kier alpha value is -2.78. The average molecular weight is 466 g/mol. The number of nitrogens with zero attached hydrogens (tertiary/aromatic N) is 5. The van der Waals surface area contributed by atoms with Crippen molar-refractivity contribution in [2.75, 3.05) is 29.9 Å². The summed E-state index contributed by atoms with van der Waals surface area (Å²) in [4.78, 5) is 20.3. The first kappa shape index (κ1) is 22.4. The van der Waals surface area contributed by atoms with Crippen LogP contribution in [0.5, 0.6) is 0 Å². The number of anilines is 2. The van der Waals surface area contributed by atoms with Crippen molar-refractivity contribution in [3.05, 3.63) is 60.4 Å². The molecule has 0 aliphatic carbocycles. The second-order valence-electron chi connectivity index (χ2n) is 7.54. The molecule has 4 rings (SSSR count). The maximum absolute atomic E-state index is 5.49. The standard InChI is InChI=1S/C23H27N7S2/c31-22(24-12-7-11-18-9-3-1-4-10-18)29-21-27-19(30-15-5-2-6-16-30)17-20(28-21)32-23-25-13-8-14-26-23/h1,3-4,8-10,13-14,17H,2,5-7,11-12,15-16H2,(H2,24,27,28,29,31). The number of rotatable bonds is 8. The van der Waals surface area contributed by atoms with Crippen molar-refractivity contribution in [2.45, 2.75) is 42.3 Å². The molecule has 0 atom stereocenters. The van der Waals surface area contributed by atoms with E-state index in [0.29, 0.717) is 16.2 Å². The van der Waals surface area contributed by atoms with Gasteiger partial charge in [-0.1, -0.05) is 30.3 Å². The van der Waals surface area contributed by atoms with Gasteiger partial charge >= 0.3 is 0 Å². The fourth-order valence-electron chi connectivity index (χ4n) is 3.52. The summed E-state index contributed by atoms with van der Waals surface area (Å²) < 4.78 is 0. The van der Waals surface area contributed by atoms with Crippen LogP contribution >= 0.6 is 24.0 Å². The molecule has 0 spiro atoms. The maximum atomic E-state index is 5.49. The van der Waals surface area contributed by atoms with E-state index in [9.17, 15) is 0 Å². The van der Waals surface area contributed by atoms with E-state index in [2.05, 4.69) is 54.8 Å². The molecule has 166 valence electrons. The third-order valence-electron chi connectivity index (χ3n) is 5.10. The maximum Gasteiger partial charge on any atom is 0.232 e. The molecule has 0 bridgehead atoms. The Bertz CT molecular complexity index is 996. The Labute approximate surface area is 198 Å². The highest BCUT2D eigenvalue weighted by Gasteiger charge is 2.16. The number of aromatic nitrogens is 4. The highest BCUT2D eigenvalue weighted by atomic mass is 32.2. The number of piperidine rings is 1. The van der Waals surface area contributed by atoms with E-state index >= 15 is 0 Å². The summed E-state index contributed by atoms with van der Waals surface area (Å²) >= 11 is 6.91. The smallest absolute Gasteiger partial charge is 0.232 e. The van der Waals surface area contributed by atoms with Crippen molar-refractivity contribution >= 4 is 40.9 Å².